The third kappa shape index (κ3) is 4.59. The highest BCUT2D eigenvalue weighted by Crippen LogP contribution is 2.34. The van der Waals surface area contributed by atoms with Crippen LogP contribution in [0.3, 0.4) is 0 Å². The number of anilines is 1. The van der Waals surface area contributed by atoms with Gasteiger partial charge in [-0.1, -0.05) is 6.07 Å². The van der Waals surface area contributed by atoms with Crippen LogP contribution in [0.5, 0.6) is 0 Å². The van der Waals surface area contributed by atoms with E-state index < -0.39 is 23.4 Å². The molecule has 1 aromatic rings. The molecule has 1 saturated heterocycles. The molecule has 8 heteroatoms. The smallest absolute Gasteiger partial charge is 0.388 e. The highest BCUT2D eigenvalue weighted by molar-refractivity contribution is 5.90. The molecule has 0 atom stereocenters. The normalized spacial score (nSPS) is 17.6. The first-order valence-corrected chi connectivity index (χ1v) is 7.23. The first-order valence-electron chi connectivity index (χ1n) is 7.23. The number of urea groups is 1. The van der Waals surface area contributed by atoms with Crippen LogP contribution in [0.25, 0.3) is 0 Å². The third-order valence-electron chi connectivity index (χ3n) is 3.89. The van der Waals surface area contributed by atoms with Crippen molar-refractivity contribution in [1.29, 1.82) is 0 Å². The maximum absolute atomic E-state index is 12.8. The topological polar surface area (TPSA) is 70.6 Å². The molecule has 0 aromatic heterocycles. The Morgan fingerprint density at radius 1 is 1.35 bits per heavy atom. The molecule has 1 heterocycles. The Kier molecular flexibility index (Phi) is 5.16. The van der Waals surface area contributed by atoms with Gasteiger partial charge >= 0.3 is 12.2 Å². The number of aliphatic hydroxyl groups is 1. The third-order valence-corrected chi connectivity index (χ3v) is 3.89. The van der Waals surface area contributed by atoms with Crippen molar-refractivity contribution >= 4 is 11.7 Å². The highest BCUT2D eigenvalue weighted by Gasteiger charge is 2.33. The molecule has 0 spiro atoms. The number of alkyl halides is 3. The van der Waals surface area contributed by atoms with Gasteiger partial charge in [0.1, 0.15) is 0 Å². The molecular weight excluding hydrogens is 313 g/mol. The maximum atomic E-state index is 12.8. The first-order chi connectivity index (χ1) is 10.7. The van der Waals surface area contributed by atoms with Crippen LogP contribution in [-0.2, 0) is 10.9 Å². The van der Waals surface area contributed by atoms with E-state index in [1.165, 1.54) is 19.1 Å². The number of hydrogen-bond donors (Lipinski definition) is 3. The minimum Gasteiger partial charge on any atom is -0.388 e. The number of rotatable bonds is 3. The van der Waals surface area contributed by atoms with Crippen molar-refractivity contribution < 1.29 is 27.8 Å². The molecule has 0 unspecified atom stereocenters. The zero-order valence-electron chi connectivity index (χ0n) is 12.7. The van der Waals surface area contributed by atoms with E-state index in [4.69, 9.17) is 4.74 Å². The van der Waals surface area contributed by atoms with Crippen LogP contribution in [0.15, 0.2) is 18.2 Å². The fourth-order valence-corrected chi connectivity index (χ4v) is 2.42. The van der Waals surface area contributed by atoms with Crippen LogP contribution in [0, 0.1) is 6.92 Å². The van der Waals surface area contributed by atoms with Crippen LogP contribution in [0.4, 0.5) is 23.7 Å². The number of ether oxygens (including phenoxy) is 1. The SMILES string of the molecule is Cc1c(NC(=O)NCC2(O)CCOCC2)cccc1C(F)(F)F. The molecule has 128 valence electrons. The summed E-state index contributed by atoms with van der Waals surface area (Å²) in [6.07, 6.45) is -3.68. The summed E-state index contributed by atoms with van der Waals surface area (Å²) in [5.41, 5.74) is -1.81. The van der Waals surface area contributed by atoms with E-state index in [1.54, 1.807) is 0 Å². The zero-order chi connectivity index (χ0) is 17.1. The molecule has 0 bridgehead atoms. The fourth-order valence-electron chi connectivity index (χ4n) is 2.42. The summed E-state index contributed by atoms with van der Waals surface area (Å²) in [6.45, 7) is 2.13. The molecule has 1 aliphatic rings. The van der Waals surface area contributed by atoms with E-state index in [-0.39, 0.29) is 17.8 Å². The van der Waals surface area contributed by atoms with Gasteiger partial charge in [-0.15, -0.1) is 0 Å². The largest absolute Gasteiger partial charge is 0.416 e. The highest BCUT2D eigenvalue weighted by atomic mass is 19.4. The van der Waals surface area contributed by atoms with Crippen LogP contribution in [-0.4, -0.2) is 36.5 Å². The number of benzene rings is 1. The second kappa shape index (κ2) is 6.76. The van der Waals surface area contributed by atoms with Gasteiger partial charge in [0.25, 0.3) is 0 Å². The molecule has 23 heavy (non-hydrogen) atoms. The summed E-state index contributed by atoms with van der Waals surface area (Å²) in [5, 5.41) is 15.1. The molecule has 1 fully saturated rings. The summed E-state index contributed by atoms with van der Waals surface area (Å²) < 4.78 is 43.6. The van der Waals surface area contributed by atoms with Crippen molar-refractivity contribution in [3.8, 4) is 0 Å². The lowest BCUT2D eigenvalue weighted by Crippen LogP contribution is -2.47. The van der Waals surface area contributed by atoms with E-state index in [1.807, 2.05) is 0 Å². The van der Waals surface area contributed by atoms with E-state index >= 15 is 0 Å². The predicted octanol–water partition coefficient (Wildman–Crippen LogP) is 2.68. The number of carbonyl (C=O) groups excluding carboxylic acids is 1. The maximum Gasteiger partial charge on any atom is 0.416 e. The second-order valence-corrected chi connectivity index (χ2v) is 5.62. The molecule has 5 nitrogen and oxygen atoms in total. The van der Waals surface area contributed by atoms with E-state index in [0.29, 0.717) is 26.1 Å². The monoisotopic (exact) mass is 332 g/mol. The Bertz CT molecular complexity index is 570. The van der Waals surface area contributed by atoms with E-state index in [0.717, 1.165) is 6.07 Å². The van der Waals surface area contributed by atoms with Gasteiger partial charge in [-0.3, -0.25) is 0 Å². The average Bonchev–Trinajstić information content (AvgIpc) is 2.47. The second-order valence-electron chi connectivity index (χ2n) is 5.62. The van der Waals surface area contributed by atoms with Gasteiger partial charge in [-0.25, -0.2) is 4.79 Å². The molecule has 2 amide bonds. The van der Waals surface area contributed by atoms with Crippen LogP contribution in [0.1, 0.15) is 24.0 Å². The van der Waals surface area contributed by atoms with Crippen molar-refractivity contribution in [3.05, 3.63) is 29.3 Å². The Balaban J connectivity index is 1.98. The van der Waals surface area contributed by atoms with Gasteiger partial charge < -0.3 is 20.5 Å². The number of halogens is 3. The van der Waals surface area contributed by atoms with Crippen molar-refractivity contribution in [3.63, 3.8) is 0 Å². The van der Waals surface area contributed by atoms with Gasteiger partial charge in [0.15, 0.2) is 0 Å². The van der Waals surface area contributed by atoms with Gasteiger partial charge in [0.05, 0.1) is 11.2 Å². The lowest BCUT2D eigenvalue weighted by Gasteiger charge is -2.32. The number of carbonyl (C=O) groups is 1. The van der Waals surface area contributed by atoms with E-state index in [2.05, 4.69) is 10.6 Å². The predicted molar refractivity (Wildman–Crippen MR) is 78.2 cm³/mol. The summed E-state index contributed by atoms with van der Waals surface area (Å²) in [7, 11) is 0. The first kappa shape index (κ1) is 17.6. The summed E-state index contributed by atoms with van der Waals surface area (Å²) in [5.74, 6) is 0. The Morgan fingerprint density at radius 3 is 2.61 bits per heavy atom. The molecule has 0 saturated carbocycles. The van der Waals surface area contributed by atoms with Crippen LogP contribution >= 0.6 is 0 Å². The molecule has 2 rings (SSSR count). The lowest BCUT2D eigenvalue weighted by atomic mass is 9.94. The number of hydrogen-bond acceptors (Lipinski definition) is 3. The van der Waals surface area contributed by atoms with Gasteiger partial charge in [-0.05, 0) is 24.6 Å². The summed E-state index contributed by atoms with van der Waals surface area (Å²) >= 11 is 0. The Hall–Kier alpha value is -1.80. The standard InChI is InChI=1S/C15H19F3N2O3/c1-10-11(15(16,17)18)3-2-4-12(10)20-13(21)19-9-14(22)5-7-23-8-6-14/h2-4,22H,5-9H2,1H3,(H2,19,20,21). The van der Waals surface area contributed by atoms with Crippen LogP contribution < -0.4 is 10.6 Å². The molecular formula is C15H19F3N2O3. The van der Waals surface area contributed by atoms with Crippen LogP contribution in [0.2, 0.25) is 0 Å². The average molecular weight is 332 g/mol. The van der Waals surface area contributed by atoms with Crippen molar-refractivity contribution in [2.45, 2.75) is 31.5 Å². The molecule has 0 aliphatic carbocycles. The van der Waals surface area contributed by atoms with E-state index in [9.17, 15) is 23.1 Å². The minimum absolute atomic E-state index is 0.0141. The van der Waals surface area contributed by atoms with Gasteiger partial charge in [0.2, 0.25) is 0 Å². The van der Waals surface area contributed by atoms with Crippen molar-refractivity contribution in [2.24, 2.45) is 0 Å². The molecule has 0 radical (unpaired) electrons. The number of amides is 2. The Morgan fingerprint density at radius 2 is 2.00 bits per heavy atom. The van der Waals surface area contributed by atoms with Gasteiger partial charge in [-0.2, -0.15) is 13.2 Å². The zero-order valence-corrected chi connectivity index (χ0v) is 12.7. The lowest BCUT2D eigenvalue weighted by molar-refractivity contribution is -0.138. The number of nitrogens with one attached hydrogen (secondary N) is 2. The summed E-state index contributed by atoms with van der Waals surface area (Å²) in [6, 6.07) is 2.93. The van der Waals surface area contributed by atoms with Gasteiger partial charge in [0, 0.05) is 38.3 Å². The molecule has 3 N–H and O–H groups in total. The van der Waals surface area contributed by atoms with Crippen molar-refractivity contribution in [1.82, 2.24) is 5.32 Å². The summed E-state index contributed by atoms with van der Waals surface area (Å²) in [4.78, 5) is 11.9. The quantitative estimate of drug-likeness (QED) is 0.797. The fraction of sp³-hybridized carbons (Fsp3) is 0.533. The molecule has 1 aromatic carbocycles. The Labute approximate surface area is 131 Å². The van der Waals surface area contributed by atoms with Crippen molar-refractivity contribution in [2.75, 3.05) is 25.1 Å². The molecule has 1 aliphatic heterocycles. The minimum atomic E-state index is -4.48.